The van der Waals surface area contributed by atoms with E-state index < -0.39 is 15.5 Å². The molecule has 0 aromatic heterocycles. The van der Waals surface area contributed by atoms with Crippen LogP contribution in [0.1, 0.15) is 6.42 Å². The van der Waals surface area contributed by atoms with Crippen molar-refractivity contribution in [2.45, 2.75) is 21.7 Å². The number of alkyl halides is 3. The lowest BCUT2D eigenvalue weighted by Crippen LogP contribution is -2.30. The molecule has 0 radical (unpaired) electrons. The van der Waals surface area contributed by atoms with Gasteiger partial charge in [-0.25, -0.2) is 8.42 Å². The van der Waals surface area contributed by atoms with Gasteiger partial charge in [0.15, 0.2) is 0 Å². The van der Waals surface area contributed by atoms with Crippen molar-refractivity contribution in [3.8, 4) is 0 Å². The van der Waals surface area contributed by atoms with Gasteiger partial charge in [0.2, 0.25) is 10.0 Å². The lowest BCUT2D eigenvalue weighted by atomic mass is 10.1. The van der Waals surface area contributed by atoms with E-state index in [1.165, 1.54) is 28.6 Å². The molecule has 1 aliphatic rings. The molecule has 0 spiro atoms. The van der Waals surface area contributed by atoms with Crippen molar-refractivity contribution < 1.29 is 21.6 Å². The Morgan fingerprint density at radius 2 is 1.91 bits per heavy atom. The average Bonchev–Trinajstić information content (AvgIpc) is 2.87. The Morgan fingerprint density at radius 1 is 1.30 bits per heavy atom. The van der Waals surface area contributed by atoms with Crippen molar-refractivity contribution in [3.05, 3.63) is 24.3 Å². The van der Waals surface area contributed by atoms with Gasteiger partial charge in [0.05, 0.1) is 4.90 Å². The number of sulfonamides is 1. The Balaban J connectivity index is 0.00000264. The third-order valence-corrected chi connectivity index (χ3v) is 6.06. The lowest BCUT2D eigenvalue weighted by molar-refractivity contribution is -0.0328. The third kappa shape index (κ3) is 5.53. The molecule has 1 aromatic carbocycles. The van der Waals surface area contributed by atoms with Crippen LogP contribution in [0, 0.1) is 5.92 Å². The molecule has 23 heavy (non-hydrogen) atoms. The second-order valence-corrected chi connectivity index (χ2v) is 8.17. The van der Waals surface area contributed by atoms with E-state index in [4.69, 9.17) is 0 Å². The first-order valence-corrected chi connectivity index (χ1v) is 8.98. The van der Waals surface area contributed by atoms with E-state index in [2.05, 4.69) is 5.32 Å². The van der Waals surface area contributed by atoms with Crippen LogP contribution in [-0.4, -0.2) is 44.9 Å². The summed E-state index contributed by atoms with van der Waals surface area (Å²) in [5, 5.41) is 3.02. The SMILES string of the molecule is CNCC1CCN(S(=O)(=O)c2ccc(SC(F)(F)F)cc2)C1.Cl. The molecule has 0 saturated carbocycles. The third-order valence-electron chi connectivity index (χ3n) is 3.44. The smallest absolute Gasteiger partial charge is 0.319 e. The number of thioether (sulfide) groups is 1. The molecule has 10 heteroatoms. The molecular formula is C13H18ClF3N2O2S2. The van der Waals surface area contributed by atoms with Gasteiger partial charge in [-0.1, -0.05) is 0 Å². The average molecular weight is 391 g/mol. The van der Waals surface area contributed by atoms with Gasteiger partial charge in [-0.2, -0.15) is 17.5 Å². The summed E-state index contributed by atoms with van der Waals surface area (Å²) in [5.41, 5.74) is -4.38. The highest BCUT2D eigenvalue weighted by Crippen LogP contribution is 2.37. The zero-order chi connectivity index (χ0) is 16.4. The quantitative estimate of drug-likeness (QED) is 0.785. The number of halogens is 4. The minimum atomic E-state index is -4.38. The largest absolute Gasteiger partial charge is 0.446 e. The van der Waals surface area contributed by atoms with E-state index in [1.54, 1.807) is 0 Å². The summed E-state index contributed by atoms with van der Waals surface area (Å²) in [6.07, 6.45) is 0.780. The van der Waals surface area contributed by atoms with Crippen molar-refractivity contribution in [3.63, 3.8) is 0 Å². The Morgan fingerprint density at radius 3 is 2.43 bits per heavy atom. The molecule has 4 nitrogen and oxygen atoms in total. The molecule has 0 bridgehead atoms. The van der Waals surface area contributed by atoms with Crippen molar-refractivity contribution in [2.75, 3.05) is 26.7 Å². The second-order valence-electron chi connectivity index (χ2n) is 5.09. The minimum Gasteiger partial charge on any atom is -0.319 e. The minimum absolute atomic E-state index is 0. The normalized spacial score (nSPS) is 19.6. The maximum Gasteiger partial charge on any atom is 0.446 e. The van der Waals surface area contributed by atoms with Crippen LogP contribution in [0.25, 0.3) is 0 Å². The summed E-state index contributed by atoms with van der Waals surface area (Å²) >= 11 is -0.257. The fourth-order valence-electron chi connectivity index (χ4n) is 2.43. The van der Waals surface area contributed by atoms with Crippen LogP contribution in [0.5, 0.6) is 0 Å². The number of nitrogens with one attached hydrogen (secondary N) is 1. The molecule has 1 fully saturated rings. The lowest BCUT2D eigenvalue weighted by Gasteiger charge is -2.17. The zero-order valence-corrected chi connectivity index (χ0v) is 14.8. The van der Waals surface area contributed by atoms with Crippen LogP contribution in [0.3, 0.4) is 0 Å². The highest BCUT2D eigenvalue weighted by atomic mass is 35.5. The summed E-state index contributed by atoms with van der Waals surface area (Å²) < 4.78 is 63.1. The summed E-state index contributed by atoms with van der Waals surface area (Å²) in [4.78, 5) is 0.00469. The molecule has 2 rings (SSSR count). The van der Waals surface area contributed by atoms with Gasteiger partial charge in [-0.3, -0.25) is 0 Å². The summed E-state index contributed by atoms with van der Waals surface area (Å²) in [7, 11) is -1.82. The fraction of sp³-hybridized carbons (Fsp3) is 0.538. The number of hydrogen-bond donors (Lipinski definition) is 1. The Kier molecular flexibility index (Phi) is 7.21. The van der Waals surface area contributed by atoms with Crippen LogP contribution >= 0.6 is 24.2 Å². The van der Waals surface area contributed by atoms with Crippen molar-refractivity contribution in [1.82, 2.24) is 9.62 Å². The van der Waals surface area contributed by atoms with E-state index in [9.17, 15) is 21.6 Å². The molecule has 0 amide bonds. The molecule has 1 atom stereocenters. The summed E-state index contributed by atoms with van der Waals surface area (Å²) in [5.74, 6) is 0.264. The molecule has 132 valence electrons. The van der Waals surface area contributed by atoms with E-state index in [0.29, 0.717) is 13.1 Å². The van der Waals surface area contributed by atoms with E-state index in [1.807, 2.05) is 7.05 Å². The number of benzene rings is 1. The maximum atomic E-state index is 12.5. The highest BCUT2D eigenvalue weighted by molar-refractivity contribution is 8.00. The van der Waals surface area contributed by atoms with Crippen LogP contribution < -0.4 is 5.32 Å². The first kappa shape index (κ1) is 20.6. The molecule has 1 aliphatic heterocycles. The van der Waals surface area contributed by atoms with Crippen molar-refractivity contribution >= 4 is 34.2 Å². The van der Waals surface area contributed by atoms with Gasteiger partial charge in [0.1, 0.15) is 0 Å². The molecule has 1 heterocycles. The molecule has 1 unspecified atom stereocenters. The standard InChI is InChI=1S/C13H17F3N2O2S2.ClH/c1-17-8-10-6-7-18(9-10)22(19,20)12-4-2-11(3-5-12)21-13(14,15)16;/h2-5,10,17H,6-9H2,1H3;1H. The highest BCUT2D eigenvalue weighted by Gasteiger charge is 2.33. The topological polar surface area (TPSA) is 49.4 Å². The summed E-state index contributed by atoms with van der Waals surface area (Å²) in [6, 6.07) is 4.84. The number of nitrogens with zero attached hydrogens (tertiary/aromatic N) is 1. The van der Waals surface area contributed by atoms with Crippen LogP contribution in [0.15, 0.2) is 34.1 Å². The Bertz CT molecular complexity index is 609. The first-order valence-electron chi connectivity index (χ1n) is 6.73. The Labute approximate surface area is 144 Å². The second kappa shape index (κ2) is 8.06. The molecule has 1 saturated heterocycles. The van der Waals surface area contributed by atoms with E-state index in [-0.39, 0.29) is 39.9 Å². The van der Waals surface area contributed by atoms with Crippen LogP contribution in [0.2, 0.25) is 0 Å². The Hall–Kier alpha value is -0.480. The molecule has 1 aromatic rings. The van der Waals surface area contributed by atoms with Gasteiger partial charge >= 0.3 is 5.51 Å². The van der Waals surface area contributed by atoms with Gasteiger partial charge in [0.25, 0.3) is 0 Å². The predicted octanol–water partition coefficient (Wildman–Crippen LogP) is 2.95. The van der Waals surface area contributed by atoms with Crippen molar-refractivity contribution in [2.24, 2.45) is 5.92 Å². The molecular weight excluding hydrogens is 373 g/mol. The fourth-order valence-corrected chi connectivity index (χ4v) is 4.50. The predicted molar refractivity (Wildman–Crippen MR) is 86.4 cm³/mol. The monoisotopic (exact) mass is 390 g/mol. The zero-order valence-electron chi connectivity index (χ0n) is 12.3. The van der Waals surface area contributed by atoms with E-state index in [0.717, 1.165) is 13.0 Å². The summed E-state index contributed by atoms with van der Waals surface area (Å²) in [6.45, 7) is 1.61. The van der Waals surface area contributed by atoms with Gasteiger partial charge < -0.3 is 5.32 Å². The van der Waals surface area contributed by atoms with Crippen molar-refractivity contribution in [1.29, 1.82) is 0 Å². The van der Waals surface area contributed by atoms with Gasteiger partial charge in [-0.05, 0) is 62.0 Å². The van der Waals surface area contributed by atoms with Gasteiger partial charge in [0, 0.05) is 18.0 Å². The van der Waals surface area contributed by atoms with Gasteiger partial charge in [-0.15, -0.1) is 12.4 Å². The first-order chi connectivity index (χ1) is 10.2. The number of hydrogen-bond acceptors (Lipinski definition) is 4. The van der Waals surface area contributed by atoms with Crippen LogP contribution in [-0.2, 0) is 10.0 Å². The maximum absolute atomic E-state index is 12.5. The van der Waals surface area contributed by atoms with Crippen LogP contribution in [0.4, 0.5) is 13.2 Å². The molecule has 1 N–H and O–H groups in total. The molecule has 0 aliphatic carbocycles. The van der Waals surface area contributed by atoms with E-state index >= 15 is 0 Å². The number of rotatable bonds is 5.